The van der Waals surface area contributed by atoms with Crippen molar-refractivity contribution in [2.75, 3.05) is 0 Å². The van der Waals surface area contributed by atoms with Gasteiger partial charge in [0.1, 0.15) is 23.9 Å². The molecule has 5 nitrogen and oxygen atoms in total. The summed E-state index contributed by atoms with van der Waals surface area (Å²) in [7, 11) is 0. The molecule has 28 heavy (non-hydrogen) atoms. The molecular formula is C22H22FN3O2. The van der Waals surface area contributed by atoms with E-state index in [2.05, 4.69) is 5.10 Å². The van der Waals surface area contributed by atoms with Crippen LogP contribution in [0.15, 0.2) is 54.6 Å². The number of hydrogen-bond donors (Lipinski definition) is 0. The minimum absolute atomic E-state index is 0.0358. The molecule has 1 aliphatic rings. The van der Waals surface area contributed by atoms with Crippen molar-refractivity contribution in [2.24, 2.45) is 0 Å². The Hall–Kier alpha value is -3.15. The van der Waals surface area contributed by atoms with Crippen molar-refractivity contribution in [1.82, 2.24) is 14.7 Å². The number of rotatable bonds is 4. The fourth-order valence-electron chi connectivity index (χ4n) is 3.52. The van der Waals surface area contributed by atoms with Crippen LogP contribution in [-0.2, 0) is 19.7 Å². The number of ether oxygens (including phenoxy) is 1. The molecule has 1 amide bonds. The number of carbonyl (C=O) groups is 1. The highest BCUT2D eigenvalue weighted by Gasteiger charge is 2.29. The fraction of sp³-hybridized carbons (Fsp3) is 0.273. The molecule has 1 unspecified atom stereocenters. The van der Waals surface area contributed by atoms with Crippen LogP contribution in [0.5, 0.6) is 5.75 Å². The molecule has 0 spiro atoms. The van der Waals surface area contributed by atoms with Crippen molar-refractivity contribution in [3.63, 3.8) is 0 Å². The summed E-state index contributed by atoms with van der Waals surface area (Å²) in [6.07, 6.45) is 0. The van der Waals surface area contributed by atoms with Gasteiger partial charge in [0.25, 0.3) is 5.91 Å². The molecule has 2 aromatic carbocycles. The topological polar surface area (TPSA) is 47.4 Å². The molecule has 0 aliphatic carbocycles. The van der Waals surface area contributed by atoms with Crippen LogP contribution in [0.1, 0.15) is 34.2 Å². The summed E-state index contributed by atoms with van der Waals surface area (Å²) in [4.78, 5) is 14.7. The average molecular weight is 379 g/mol. The Kier molecular flexibility index (Phi) is 4.86. The Labute approximate surface area is 163 Å². The van der Waals surface area contributed by atoms with Crippen LogP contribution in [-0.4, -0.2) is 26.6 Å². The molecular weight excluding hydrogens is 357 g/mol. The normalized spacial score (nSPS) is 16.0. The third kappa shape index (κ3) is 3.76. The summed E-state index contributed by atoms with van der Waals surface area (Å²) in [5, 5.41) is 4.60. The molecule has 0 N–H and O–H groups in total. The van der Waals surface area contributed by atoms with E-state index in [9.17, 15) is 9.18 Å². The minimum Gasteiger partial charge on any atom is -0.487 e. The van der Waals surface area contributed by atoms with Crippen molar-refractivity contribution < 1.29 is 13.9 Å². The van der Waals surface area contributed by atoms with Crippen LogP contribution in [0.2, 0.25) is 0 Å². The second kappa shape index (κ2) is 7.46. The van der Waals surface area contributed by atoms with Gasteiger partial charge in [-0.15, -0.1) is 0 Å². The van der Waals surface area contributed by atoms with Gasteiger partial charge in [-0.25, -0.2) is 4.39 Å². The summed E-state index contributed by atoms with van der Waals surface area (Å²) in [5.74, 6) is 0.239. The van der Waals surface area contributed by atoms with Gasteiger partial charge in [-0.2, -0.15) is 5.10 Å². The first kappa shape index (κ1) is 18.2. The van der Waals surface area contributed by atoms with Gasteiger partial charge in [-0.1, -0.05) is 18.2 Å². The van der Waals surface area contributed by atoms with E-state index in [1.165, 1.54) is 12.1 Å². The molecule has 0 radical (unpaired) electrons. The van der Waals surface area contributed by atoms with Crippen molar-refractivity contribution in [1.29, 1.82) is 0 Å². The Balaban J connectivity index is 1.50. The summed E-state index contributed by atoms with van der Waals surface area (Å²) in [6.45, 7) is 5.17. The number of fused-ring (bicyclic) bond motifs is 1. The molecule has 1 atom stereocenters. The third-order valence-corrected chi connectivity index (χ3v) is 4.90. The summed E-state index contributed by atoms with van der Waals surface area (Å²) < 4.78 is 21.4. The van der Waals surface area contributed by atoms with E-state index in [1.54, 1.807) is 17.9 Å². The highest BCUT2D eigenvalue weighted by Crippen LogP contribution is 2.22. The monoisotopic (exact) mass is 379 g/mol. The number of amides is 1. The van der Waals surface area contributed by atoms with Crippen molar-refractivity contribution in [3.8, 4) is 5.75 Å². The molecule has 3 aromatic rings. The van der Waals surface area contributed by atoms with Gasteiger partial charge in [0, 0.05) is 11.6 Å². The van der Waals surface area contributed by atoms with Crippen molar-refractivity contribution >= 4 is 5.91 Å². The molecule has 0 bridgehead atoms. The first-order chi connectivity index (χ1) is 13.5. The van der Waals surface area contributed by atoms with Gasteiger partial charge in [-0.3, -0.25) is 9.48 Å². The highest BCUT2D eigenvalue weighted by atomic mass is 19.1. The van der Waals surface area contributed by atoms with Gasteiger partial charge in [0.05, 0.1) is 18.8 Å². The molecule has 1 aliphatic heterocycles. The lowest BCUT2D eigenvalue weighted by atomic mass is 10.1. The van der Waals surface area contributed by atoms with Crippen LogP contribution in [0, 0.1) is 12.7 Å². The molecule has 0 saturated heterocycles. The number of aryl methyl sites for hydroxylation is 1. The number of benzene rings is 2. The minimum atomic E-state index is -0.390. The molecule has 0 saturated carbocycles. The van der Waals surface area contributed by atoms with E-state index in [0.717, 1.165) is 22.7 Å². The predicted octanol–water partition coefficient (Wildman–Crippen LogP) is 3.95. The molecule has 1 aromatic heterocycles. The highest BCUT2D eigenvalue weighted by molar-refractivity contribution is 5.94. The number of para-hydroxylation sites is 1. The van der Waals surface area contributed by atoms with Crippen LogP contribution < -0.4 is 4.74 Å². The lowest BCUT2D eigenvalue weighted by Crippen LogP contribution is -2.44. The molecule has 2 heterocycles. The summed E-state index contributed by atoms with van der Waals surface area (Å²) >= 11 is 0. The standard InChI is InChI=1S/C22H22FN3O2/c1-15-8-17(10-18(23)9-15)22(27)25-13-20-11-19(24-26(20)12-16(25)2)14-28-21-6-4-3-5-7-21/h3-11,16H,12-14H2,1-2H3. The zero-order valence-corrected chi connectivity index (χ0v) is 15.9. The van der Waals surface area contributed by atoms with E-state index in [0.29, 0.717) is 25.3 Å². The van der Waals surface area contributed by atoms with Gasteiger partial charge >= 0.3 is 0 Å². The maximum Gasteiger partial charge on any atom is 0.254 e. The number of hydrogen-bond acceptors (Lipinski definition) is 3. The number of aromatic nitrogens is 2. The van der Waals surface area contributed by atoms with Gasteiger partial charge in [0.15, 0.2) is 0 Å². The maximum absolute atomic E-state index is 13.7. The van der Waals surface area contributed by atoms with E-state index in [1.807, 2.05) is 48.0 Å². The zero-order valence-electron chi connectivity index (χ0n) is 15.9. The second-order valence-corrected chi connectivity index (χ2v) is 7.21. The lowest BCUT2D eigenvalue weighted by molar-refractivity contribution is 0.0606. The smallest absolute Gasteiger partial charge is 0.254 e. The largest absolute Gasteiger partial charge is 0.487 e. The maximum atomic E-state index is 13.7. The van der Waals surface area contributed by atoms with E-state index < -0.39 is 5.82 Å². The lowest BCUT2D eigenvalue weighted by Gasteiger charge is -2.34. The second-order valence-electron chi connectivity index (χ2n) is 7.21. The Morgan fingerprint density at radius 3 is 2.75 bits per heavy atom. The van der Waals surface area contributed by atoms with Crippen LogP contribution in [0.25, 0.3) is 0 Å². The first-order valence-electron chi connectivity index (χ1n) is 9.31. The van der Waals surface area contributed by atoms with E-state index in [4.69, 9.17) is 4.74 Å². The fourth-order valence-corrected chi connectivity index (χ4v) is 3.52. The molecule has 4 rings (SSSR count). The van der Waals surface area contributed by atoms with Crippen molar-refractivity contribution in [2.45, 2.75) is 39.6 Å². The Bertz CT molecular complexity index is 980. The number of halogens is 1. The summed E-state index contributed by atoms with van der Waals surface area (Å²) in [6, 6.07) is 16.0. The number of nitrogens with zero attached hydrogens (tertiary/aromatic N) is 3. The van der Waals surface area contributed by atoms with Gasteiger partial charge in [-0.05, 0) is 55.8 Å². The predicted molar refractivity (Wildman–Crippen MR) is 103 cm³/mol. The Morgan fingerprint density at radius 2 is 2.00 bits per heavy atom. The summed E-state index contributed by atoms with van der Waals surface area (Å²) in [5.41, 5.74) is 2.89. The van der Waals surface area contributed by atoms with Gasteiger partial charge < -0.3 is 9.64 Å². The van der Waals surface area contributed by atoms with E-state index in [-0.39, 0.29) is 11.9 Å². The number of carbonyl (C=O) groups excluding carboxylic acids is 1. The van der Waals surface area contributed by atoms with E-state index >= 15 is 0 Å². The molecule has 144 valence electrons. The quantitative estimate of drug-likeness (QED) is 0.690. The van der Waals surface area contributed by atoms with Crippen LogP contribution in [0.4, 0.5) is 4.39 Å². The van der Waals surface area contributed by atoms with Crippen LogP contribution in [0.3, 0.4) is 0 Å². The SMILES string of the molecule is Cc1cc(F)cc(C(=O)N2Cc3cc(COc4ccccc4)nn3CC2C)c1. The van der Waals surface area contributed by atoms with Crippen molar-refractivity contribution in [3.05, 3.63) is 82.9 Å². The Morgan fingerprint density at radius 1 is 1.21 bits per heavy atom. The third-order valence-electron chi connectivity index (χ3n) is 4.90. The zero-order chi connectivity index (χ0) is 19.7. The van der Waals surface area contributed by atoms with Gasteiger partial charge in [0.2, 0.25) is 0 Å². The molecule has 6 heteroatoms. The average Bonchev–Trinajstić information content (AvgIpc) is 3.07. The first-order valence-corrected chi connectivity index (χ1v) is 9.31. The van der Waals surface area contributed by atoms with Crippen LogP contribution >= 0.6 is 0 Å². The molecule has 0 fully saturated rings.